The molecule has 1 aliphatic carbocycles. The molecule has 2 aliphatic rings. The lowest BCUT2D eigenvalue weighted by Crippen LogP contribution is -2.37. The average Bonchev–Trinajstić information content (AvgIpc) is 3.40. The van der Waals surface area contributed by atoms with Crippen molar-refractivity contribution in [3.8, 4) is 11.5 Å². The number of ketones is 1. The fraction of sp³-hybridized carbons (Fsp3) is 0.333. The van der Waals surface area contributed by atoms with Crippen molar-refractivity contribution in [1.82, 2.24) is 4.90 Å². The third-order valence-electron chi connectivity index (χ3n) is 6.11. The monoisotopic (exact) mass is 459 g/mol. The van der Waals surface area contributed by atoms with Crippen LogP contribution in [0.5, 0.6) is 11.5 Å². The number of ether oxygens (including phenoxy) is 2. The Morgan fingerprint density at radius 1 is 1.06 bits per heavy atom. The molecule has 1 unspecified atom stereocenters. The first-order valence-corrected chi connectivity index (χ1v) is 10.7. The molecule has 168 valence electrons. The minimum Gasteiger partial charge on any atom is -0.507 e. The summed E-state index contributed by atoms with van der Waals surface area (Å²) in [5, 5.41) is 11.5. The van der Waals surface area contributed by atoms with Crippen molar-refractivity contribution in [2.45, 2.75) is 37.8 Å². The van der Waals surface area contributed by atoms with Gasteiger partial charge in [0.2, 0.25) is 0 Å². The van der Waals surface area contributed by atoms with Crippen LogP contribution < -0.4 is 9.47 Å². The number of carbonyl (C=O) groups is 2. The summed E-state index contributed by atoms with van der Waals surface area (Å²) < 4.78 is 24.2. The summed E-state index contributed by atoms with van der Waals surface area (Å²) in [6.07, 6.45) is 3.43. The largest absolute Gasteiger partial charge is 0.507 e. The maximum Gasteiger partial charge on any atom is 0.295 e. The van der Waals surface area contributed by atoms with Gasteiger partial charge in [0, 0.05) is 12.1 Å². The van der Waals surface area contributed by atoms with Crippen LogP contribution in [-0.2, 0) is 9.59 Å². The molecule has 0 radical (unpaired) electrons. The predicted octanol–water partition coefficient (Wildman–Crippen LogP) is 4.86. The summed E-state index contributed by atoms with van der Waals surface area (Å²) in [5.74, 6) is -1.74. The zero-order valence-corrected chi connectivity index (χ0v) is 18.5. The van der Waals surface area contributed by atoms with E-state index in [0.717, 1.165) is 25.7 Å². The van der Waals surface area contributed by atoms with Gasteiger partial charge < -0.3 is 19.5 Å². The molecular weight excluding hydrogens is 437 g/mol. The smallest absolute Gasteiger partial charge is 0.295 e. The van der Waals surface area contributed by atoms with Crippen LogP contribution in [0.3, 0.4) is 0 Å². The number of rotatable bonds is 5. The minimum atomic E-state index is -0.843. The van der Waals surface area contributed by atoms with Gasteiger partial charge in [-0.25, -0.2) is 4.39 Å². The summed E-state index contributed by atoms with van der Waals surface area (Å²) in [4.78, 5) is 27.8. The van der Waals surface area contributed by atoms with Crippen LogP contribution in [0.4, 0.5) is 4.39 Å². The quantitative estimate of drug-likeness (QED) is 0.392. The second-order valence-corrected chi connectivity index (χ2v) is 8.29. The van der Waals surface area contributed by atoms with Crippen molar-refractivity contribution in [3.63, 3.8) is 0 Å². The highest BCUT2D eigenvalue weighted by atomic mass is 35.5. The molecule has 0 bridgehead atoms. The number of methoxy groups -OCH3 is 2. The Morgan fingerprint density at radius 2 is 1.69 bits per heavy atom. The molecule has 1 saturated carbocycles. The molecule has 1 N–H and O–H groups in total. The predicted molar refractivity (Wildman–Crippen MR) is 117 cm³/mol. The number of halogens is 2. The standard InChI is InChI=1S/C24H23ClFNO5/c1-31-18-12-19(32-2)17(25)11-16(18)22(28)20-21(13-7-9-14(26)10-8-13)27(24(30)23(20)29)15-5-3-4-6-15/h7-12,15,21,28H,3-6H2,1-2H3/b22-20+. The Morgan fingerprint density at radius 3 is 2.28 bits per heavy atom. The van der Waals surface area contributed by atoms with E-state index >= 15 is 0 Å². The van der Waals surface area contributed by atoms with Gasteiger partial charge in [-0.1, -0.05) is 36.6 Å². The minimum absolute atomic E-state index is 0.0759. The summed E-state index contributed by atoms with van der Waals surface area (Å²) in [5.41, 5.74) is 0.625. The normalized spacial score (nSPS) is 20.8. The van der Waals surface area contributed by atoms with Crippen LogP contribution in [0.15, 0.2) is 42.0 Å². The number of carbonyl (C=O) groups excluding carboxylic acids is 2. The van der Waals surface area contributed by atoms with Crippen LogP contribution >= 0.6 is 11.6 Å². The second kappa shape index (κ2) is 8.82. The van der Waals surface area contributed by atoms with E-state index in [1.807, 2.05) is 0 Å². The number of aliphatic hydroxyl groups is 1. The van der Waals surface area contributed by atoms with Crippen molar-refractivity contribution >= 4 is 29.1 Å². The van der Waals surface area contributed by atoms with Gasteiger partial charge >= 0.3 is 0 Å². The molecule has 0 aromatic heterocycles. The fourth-order valence-electron chi connectivity index (χ4n) is 4.57. The Kier molecular flexibility index (Phi) is 6.11. The molecule has 2 fully saturated rings. The molecule has 2 aromatic carbocycles. The molecular formula is C24H23ClFNO5. The Bertz CT molecular complexity index is 1090. The maximum atomic E-state index is 13.6. The first-order chi connectivity index (χ1) is 15.4. The molecule has 32 heavy (non-hydrogen) atoms. The van der Waals surface area contributed by atoms with Gasteiger partial charge in [-0.05, 0) is 36.6 Å². The Balaban J connectivity index is 1.93. The lowest BCUT2D eigenvalue weighted by Gasteiger charge is -2.30. The van der Waals surface area contributed by atoms with Gasteiger partial charge in [0.05, 0.1) is 36.4 Å². The number of hydrogen-bond acceptors (Lipinski definition) is 5. The van der Waals surface area contributed by atoms with E-state index in [9.17, 15) is 19.1 Å². The topological polar surface area (TPSA) is 76.1 Å². The summed E-state index contributed by atoms with van der Waals surface area (Å²) in [6, 6.07) is 7.55. The van der Waals surface area contributed by atoms with Crippen molar-refractivity contribution in [2.75, 3.05) is 14.2 Å². The average molecular weight is 460 g/mol. The van der Waals surface area contributed by atoms with Gasteiger partial charge in [0.25, 0.3) is 11.7 Å². The molecule has 1 amide bonds. The summed E-state index contributed by atoms with van der Waals surface area (Å²) in [7, 11) is 2.86. The van der Waals surface area contributed by atoms with E-state index in [4.69, 9.17) is 21.1 Å². The maximum absolute atomic E-state index is 13.6. The molecule has 1 aliphatic heterocycles. The molecule has 8 heteroatoms. The number of amides is 1. The number of Topliss-reactive ketones (excluding diaryl/α,β-unsaturated/α-hetero) is 1. The van der Waals surface area contributed by atoms with Crippen molar-refractivity contribution in [1.29, 1.82) is 0 Å². The van der Waals surface area contributed by atoms with E-state index in [1.165, 1.54) is 55.5 Å². The highest BCUT2D eigenvalue weighted by molar-refractivity contribution is 6.46. The number of nitrogens with zero attached hydrogens (tertiary/aromatic N) is 1. The first-order valence-electron chi connectivity index (χ1n) is 10.3. The second-order valence-electron chi connectivity index (χ2n) is 7.88. The van der Waals surface area contributed by atoms with Gasteiger partial charge in [-0.2, -0.15) is 0 Å². The Labute approximate surface area is 190 Å². The fourth-order valence-corrected chi connectivity index (χ4v) is 4.81. The van der Waals surface area contributed by atoms with Crippen molar-refractivity contribution in [2.24, 2.45) is 0 Å². The van der Waals surface area contributed by atoms with Gasteiger partial charge in [0.1, 0.15) is 23.1 Å². The number of hydrogen-bond donors (Lipinski definition) is 1. The van der Waals surface area contributed by atoms with E-state index in [2.05, 4.69) is 0 Å². The molecule has 1 heterocycles. The SMILES string of the molecule is COc1cc(OC)c(/C(O)=C2\C(=O)C(=O)N(C3CCCC3)C2c2ccc(F)cc2)cc1Cl. The number of aliphatic hydroxyl groups excluding tert-OH is 1. The summed E-state index contributed by atoms with van der Waals surface area (Å²) in [6.45, 7) is 0. The highest BCUT2D eigenvalue weighted by Crippen LogP contribution is 2.45. The van der Waals surface area contributed by atoms with E-state index in [-0.39, 0.29) is 28.0 Å². The van der Waals surface area contributed by atoms with Crippen LogP contribution in [0.1, 0.15) is 42.9 Å². The lowest BCUT2D eigenvalue weighted by molar-refractivity contribution is -0.141. The third kappa shape index (κ3) is 3.71. The molecule has 4 rings (SSSR count). The Hall–Kier alpha value is -3.06. The summed E-state index contributed by atoms with van der Waals surface area (Å²) >= 11 is 6.26. The number of likely N-dealkylation sites (tertiary alicyclic amines) is 1. The van der Waals surface area contributed by atoms with Crippen LogP contribution in [0.2, 0.25) is 5.02 Å². The van der Waals surface area contributed by atoms with Gasteiger partial charge in [-0.3, -0.25) is 9.59 Å². The first kappa shape index (κ1) is 22.1. The van der Waals surface area contributed by atoms with E-state index < -0.39 is 29.3 Å². The highest BCUT2D eigenvalue weighted by Gasteiger charge is 2.49. The van der Waals surface area contributed by atoms with Crippen molar-refractivity contribution in [3.05, 3.63) is 63.9 Å². The van der Waals surface area contributed by atoms with Gasteiger partial charge in [0.15, 0.2) is 0 Å². The number of benzene rings is 2. The molecule has 2 aromatic rings. The van der Waals surface area contributed by atoms with Crippen molar-refractivity contribution < 1.29 is 28.6 Å². The lowest BCUT2D eigenvalue weighted by atomic mass is 9.94. The zero-order chi connectivity index (χ0) is 23.0. The van der Waals surface area contributed by atoms with E-state index in [1.54, 1.807) is 0 Å². The van der Waals surface area contributed by atoms with E-state index in [0.29, 0.717) is 11.3 Å². The molecule has 1 atom stereocenters. The molecule has 1 saturated heterocycles. The molecule has 6 nitrogen and oxygen atoms in total. The zero-order valence-electron chi connectivity index (χ0n) is 17.7. The van der Waals surface area contributed by atoms with Crippen LogP contribution in [0, 0.1) is 5.82 Å². The third-order valence-corrected chi connectivity index (χ3v) is 6.41. The van der Waals surface area contributed by atoms with Crippen LogP contribution in [-0.4, -0.2) is 42.0 Å². The molecule has 0 spiro atoms. The van der Waals surface area contributed by atoms with Crippen LogP contribution in [0.25, 0.3) is 5.76 Å². The van der Waals surface area contributed by atoms with Gasteiger partial charge in [-0.15, -0.1) is 0 Å².